The second-order valence-electron chi connectivity index (χ2n) is 15.3. The molecule has 10 aromatic carbocycles. The minimum absolute atomic E-state index is 1.14. The molecule has 0 bridgehead atoms. The molecule has 12 aromatic rings. The van der Waals surface area contributed by atoms with Crippen molar-refractivity contribution in [3.05, 3.63) is 218 Å². The molecule has 0 saturated carbocycles. The van der Waals surface area contributed by atoms with Gasteiger partial charge in [0.05, 0.1) is 22.1 Å². The van der Waals surface area contributed by atoms with Gasteiger partial charge in [-0.3, -0.25) is 0 Å². The van der Waals surface area contributed by atoms with E-state index < -0.39 is 0 Å². The monoisotopic (exact) mass is 736 g/mol. The van der Waals surface area contributed by atoms with Crippen molar-refractivity contribution in [1.29, 1.82) is 0 Å². The van der Waals surface area contributed by atoms with Crippen molar-refractivity contribution in [2.45, 2.75) is 0 Å². The molecule has 2 heteroatoms. The van der Waals surface area contributed by atoms with Crippen LogP contribution in [0.2, 0.25) is 0 Å². The first-order valence-corrected chi connectivity index (χ1v) is 20.0. The van der Waals surface area contributed by atoms with Gasteiger partial charge in [0.2, 0.25) is 0 Å². The van der Waals surface area contributed by atoms with Crippen LogP contribution in [-0.2, 0) is 0 Å². The van der Waals surface area contributed by atoms with Crippen LogP contribution in [-0.4, -0.2) is 9.13 Å². The van der Waals surface area contributed by atoms with E-state index in [-0.39, 0.29) is 0 Å². The smallest absolute Gasteiger partial charge is 0.0547 e. The zero-order chi connectivity index (χ0) is 38.2. The minimum Gasteiger partial charge on any atom is -0.309 e. The van der Waals surface area contributed by atoms with Crippen LogP contribution >= 0.6 is 0 Å². The molecule has 0 spiro atoms. The summed E-state index contributed by atoms with van der Waals surface area (Å²) >= 11 is 0. The van der Waals surface area contributed by atoms with Crippen molar-refractivity contribution in [3.8, 4) is 44.8 Å². The summed E-state index contributed by atoms with van der Waals surface area (Å²) in [5.74, 6) is 0. The lowest BCUT2D eigenvalue weighted by atomic mass is 9.92. The Morgan fingerprint density at radius 1 is 0.224 bits per heavy atom. The van der Waals surface area contributed by atoms with E-state index in [1.165, 1.54) is 104 Å². The molecule has 0 N–H and O–H groups in total. The highest BCUT2D eigenvalue weighted by molar-refractivity contribution is 6.16. The zero-order valence-electron chi connectivity index (χ0n) is 31.7. The fourth-order valence-electron chi connectivity index (χ4n) is 9.38. The number of nitrogens with zero attached hydrogens (tertiary/aromatic N) is 2. The summed E-state index contributed by atoms with van der Waals surface area (Å²) in [5.41, 5.74) is 14.4. The van der Waals surface area contributed by atoms with E-state index in [4.69, 9.17) is 0 Å². The van der Waals surface area contributed by atoms with E-state index in [2.05, 4.69) is 228 Å². The van der Waals surface area contributed by atoms with Crippen LogP contribution in [0.15, 0.2) is 218 Å². The molecule has 2 heterocycles. The molecule has 0 atom stereocenters. The van der Waals surface area contributed by atoms with Gasteiger partial charge in [0.25, 0.3) is 0 Å². The van der Waals surface area contributed by atoms with Crippen LogP contribution in [0.25, 0.3) is 110 Å². The highest BCUT2D eigenvalue weighted by Crippen LogP contribution is 2.41. The van der Waals surface area contributed by atoms with E-state index >= 15 is 0 Å². The fourth-order valence-corrected chi connectivity index (χ4v) is 9.38. The average molecular weight is 737 g/mol. The van der Waals surface area contributed by atoms with Gasteiger partial charge in [-0.2, -0.15) is 0 Å². The predicted octanol–water partition coefficient (Wildman–Crippen LogP) is 15.2. The van der Waals surface area contributed by atoms with Crippen molar-refractivity contribution in [2.24, 2.45) is 0 Å². The third kappa shape index (κ3) is 5.05. The van der Waals surface area contributed by atoms with Crippen molar-refractivity contribution < 1.29 is 0 Å². The van der Waals surface area contributed by atoms with E-state index in [0.29, 0.717) is 0 Å². The summed E-state index contributed by atoms with van der Waals surface area (Å²) in [4.78, 5) is 0. The van der Waals surface area contributed by atoms with Gasteiger partial charge in [0.15, 0.2) is 0 Å². The zero-order valence-corrected chi connectivity index (χ0v) is 31.7. The van der Waals surface area contributed by atoms with E-state index in [1.807, 2.05) is 0 Å². The van der Waals surface area contributed by atoms with Crippen molar-refractivity contribution >= 4 is 65.2 Å². The van der Waals surface area contributed by atoms with Gasteiger partial charge < -0.3 is 9.13 Å². The minimum atomic E-state index is 1.14. The lowest BCUT2D eigenvalue weighted by molar-refractivity contribution is 1.18. The van der Waals surface area contributed by atoms with Crippen LogP contribution in [0.3, 0.4) is 0 Å². The van der Waals surface area contributed by atoms with Gasteiger partial charge in [0, 0.05) is 32.9 Å². The third-order valence-electron chi connectivity index (χ3n) is 12.1. The standard InChI is InChI=1S/C56H36N2/c1-3-13-37(14-4-1)38-23-28-44(29-24-38)58-55-32-27-42(50-34-41-15-7-8-18-45(41)46-19-9-10-20-47(46)50)35-52(55)49-30-25-40(36-56(49)58)39-26-31-54-51(33-39)48-21-11-12-22-53(48)57(54)43-16-5-2-6-17-43/h1-36H. The Hall–Kier alpha value is -7.68. The number of aromatic nitrogens is 2. The molecule has 58 heavy (non-hydrogen) atoms. The summed E-state index contributed by atoms with van der Waals surface area (Å²) in [5, 5.41) is 10.1. The lowest BCUT2D eigenvalue weighted by Crippen LogP contribution is -1.94. The molecule has 0 aliphatic heterocycles. The maximum Gasteiger partial charge on any atom is 0.0547 e. The summed E-state index contributed by atoms with van der Waals surface area (Å²) in [7, 11) is 0. The highest BCUT2D eigenvalue weighted by Gasteiger charge is 2.18. The average Bonchev–Trinajstić information content (AvgIpc) is 3.81. The Kier molecular flexibility index (Phi) is 7.26. The molecule has 0 saturated heterocycles. The summed E-state index contributed by atoms with van der Waals surface area (Å²) in [6.07, 6.45) is 0. The number of para-hydroxylation sites is 2. The first-order chi connectivity index (χ1) is 28.8. The predicted molar refractivity (Wildman–Crippen MR) is 246 cm³/mol. The maximum atomic E-state index is 2.45. The molecule has 0 fully saturated rings. The first kappa shape index (κ1) is 32.6. The highest BCUT2D eigenvalue weighted by atomic mass is 15.0. The lowest BCUT2D eigenvalue weighted by Gasteiger charge is -2.12. The van der Waals surface area contributed by atoms with Gasteiger partial charge >= 0.3 is 0 Å². The number of fused-ring (bicyclic) bond motifs is 9. The first-order valence-electron chi connectivity index (χ1n) is 20.0. The van der Waals surface area contributed by atoms with Gasteiger partial charge in [-0.1, -0.05) is 152 Å². The number of hydrogen-bond acceptors (Lipinski definition) is 0. The van der Waals surface area contributed by atoms with Gasteiger partial charge in [-0.05, 0) is 122 Å². The van der Waals surface area contributed by atoms with Crippen LogP contribution < -0.4 is 0 Å². The summed E-state index contributed by atoms with van der Waals surface area (Å²) in [6.45, 7) is 0. The Labute approximate surface area is 336 Å². The van der Waals surface area contributed by atoms with Crippen LogP contribution in [0.4, 0.5) is 0 Å². The molecule has 12 rings (SSSR count). The van der Waals surface area contributed by atoms with E-state index in [0.717, 1.165) is 5.69 Å². The number of benzene rings is 10. The van der Waals surface area contributed by atoms with Crippen molar-refractivity contribution in [1.82, 2.24) is 9.13 Å². The largest absolute Gasteiger partial charge is 0.309 e. The molecule has 0 radical (unpaired) electrons. The van der Waals surface area contributed by atoms with Gasteiger partial charge in [-0.15, -0.1) is 0 Å². The molecular weight excluding hydrogens is 701 g/mol. The van der Waals surface area contributed by atoms with Crippen LogP contribution in [0.5, 0.6) is 0 Å². The number of hydrogen-bond donors (Lipinski definition) is 0. The molecule has 270 valence electrons. The molecule has 2 aromatic heterocycles. The van der Waals surface area contributed by atoms with E-state index in [9.17, 15) is 0 Å². The van der Waals surface area contributed by atoms with Gasteiger partial charge in [-0.25, -0.2) is 0 Å². The molecular formula is C56H36N2. The van der Waals surface area contributed by atoms with Gasteiger partial charge in [0.1, 0.15) is 0 Å². The Balaban J connectivity index is 1.07. The Morgan fingerprint density at radius 2 is 0.707 bits per heavy atom. The molecule has 0 unspecified atom stereocenters. The normalized spacial score (nSPS) is 11.8. The number of rotatable bonds is 5. The van der Waals surface area contributed by atoms with E-state index in [1.54, 1.807) is 0 Å². The SMILES string of the molecule is c1ccc(-c2ccc(-n3c4ccc(-c5cc6ccccc6c6ccccc56)cc4c4ccc(-c5ccc6c(c5)c5ccccc5n6-c5ccccc5)cc43)cc2)cc1. The third-order valence-corrected chi connectivity index (χ3v) is 12.1. The summed E-state index contributed by atoms with van der Waals surface area (Å²) in [6, 6.07) is 80.0. The second-order valence-corrected chi connectivity index (χ2v) is 15.3. The quantitative estimate of drug-likeness (QED) is 0.156. The topological polar surface area (TPSA) is 9.86 Å². The Bertz CT molecular complexity index is 3530. The second kappa shape index (κ2) is 12.9. The van der Waals surface area contributed by atoms with Crippen LogP contribution in [0.1, 0.15) is 0 Å². The van der Waals surface area contributed by atoms with Crippen LogP contribution in [0, 0.1) is 0 Å². The molecule has 2 nitrogen and oxygen atoms in total. The van der Waals surface area contributed by atoms with Crippen molar-refractivity contribution in [2.75, 3.05) is 0 Å². The molecule has 0 aliphatic rings. The molecule has 0 aliphatic carbocycles. The summed E-state index contributed by atoms with van der Waals surface area (Å²) < 4.78 is 4.83. The molecule has 0 amide bonds. The van der Waals surface area contributed by atoms with Crippen molar-refractivity contribution in [3.63, 3.8) is 0 Å². The maximum absolute atomic E-state index is 2.45. The Morgan fingerprint density at radius 3 is 1.48 bits per heavy atom. The fraction of sp³-hybridized carbons (Fsp3) is 0.